The molecule has 0 spiro atoms. The average molecular weight is 326 g/mol. The van der Waals surface area contributed by atoms with Gasteiger partial charge < -0.3 is 4.74 Å². The topological polar surface area (TPSA) is 26.3 Å². The van der Waals surface area contributed by atoms with Crippen LogP contribution in [0.5, 0.6) is 0 Å². The highest BCUT2D eigenvalue weighted by atomic mass is 16.5. The van der Waals surface area contributed by atoms with Gasteiger partial charge in [-0.05, 0) is 54.1 Å². The molecular weight excluding hydrogens is 296 g/mol. The molecule has 4 atom stereocenters. The third kappa shape index (κ3) is 3.35. The summed E-state index contributed by atoms with van der Waals surface area (Å²) in [6.07, 6.45) is 5.34. The summed E-state index contributed by atoms with van der Waals surface area (Å²) in [5.74, 6) is 1.92. The Balaban J connectivity index is 1.53. The number of hydrogen-bond acceptors (Lipinski definition) is 2. The zero-order valence-electron chi connectivity index (χ0n) is 15.1. The zero-order valence-corrected chi connectivity index (χ0v) is 15.1. The lowest BCUT2D eigenvalue weighted by atomic mass is 9.62. The first kappa shape index (κ1) is 17.4. The second kappa shape index (κ2) is 7.23. The molecule has 2 saturated carbocycles. The lowest BCUT2D eigenvalue weighted by Crippen LogP contribution is -2.40. The third-order valence-electron chi connectivity index (χ3n) is 6.46. The van der Waals surface area contributed by atoms with Crippen LogP contribution >= 0.6 is 0 Å². The van der Waals surface area contributed by atoms with E-state index in [0.29, 0.717) is 30.1 Å². The Labute approximate surface area is 146 Å². The van der Waals surface area contributed by atoms with Gasteiger partial charge in [-0.15, -0.1) is 0 Å². The number of ether oxygens (including phenoxy) is 1. The molecule has 24 heavy (non-hydrogen) atoms. The van der Waals surface area contributed by atoms with E-state index in [-0.39, 0.29) is 5.41 Å². The van der Waals surface area contributed by atoms with Crippen LogP contribution in [0.1, 0.15) is 51.5 Å². The smallest absolute Gasteiger partial charge is 0.136 e. The van der Waals surface area contributed by atoms with Gasteiger partial charge in [-0.3, -0.25) is 4.79 Å². The van der Waals surface area contributed by atoms with E-state index in [2.05, 4.69) is 32.6 Å². The van der Waals surface area contributed by atoms with Gasteiger partial charge in [-0.1, -0.05) is 50.8 Å². The van der Waals surface area contributed by atoms with Crippen LogP contribution in [0.2, 0.25) is 0 Å². The van der Waals surface area contributed by atoms with Gasteiger partial charge in [0, 0.05) is 18.9 Å². The molecular formula is C22H30O2. The van der Waals surface area contributed by atoms with Crippen molar-refractivity contribution < 1.29 is 9.53 Å². The number of carbonyl (C=O) groups excluding carboxylic acids is 1. The van der Waals surface area contributed by atoms with Crippen LogP contribution in [0.3, 0.4) is 0 Å². The minimum absolute atomic E-state index is 0.203. The minimum atomic E-state index is 0.203. The molecule has 0 radical (unpaired) electrons. The summed E-state index contributed by atoms with van der Waals surface area (Å²) in [5.41, 5.74) is 2.39. The molecule has 0 amide bonds. The molecule has 3 rings (SSSR count). The SMILES string of the molecule is C=C(COC[C@@H](C)[C@H]1CC[C@H]2C(=O)CCC[C@]12C)c1ccccc1. The first-order chi connectivity index (χ1) is 11.5. The first-order valence-corrected chi connectivity index (χ1v) is 9.36. The Hall–Kier alpha value is -1.41. The molecule has 0 saturated heterocycles. The lowest BCUT2D eigenvalue weighted by Gasteiger charge is -2.42. The van der Waals surface area contributed by atoms with Gasteiger partial charge >= 0.3 is 0 Å². The minimum Gasteiger partial charge on any atom is -0.376 e. The van der Waals surface area contributed by atoms with Crippen LogP contribution < -0.4 is 0 Å². The van der Waals surface area contributed by atoms with Gasteiger partial charge in [-0.25, -0.2) is 0 Å². The molecule has 1 aromatic carbocycles. The van der Waals surface area contributed by atoms with Crippen molar-refractivity contribution in [3.05, 3.63) is 42.5 Å². The van der Waals surface area contributed by atoms with Crippen molar-refractivity contribution in [2.24, 2.45) is 23.2 Å². The lowest BCUT2D eigenvalue weighted by molar-refractivity contribution is -0.130. The number of carbonyl (C=O) groups is 1. The molecule has 0 aliphatic heterocycles. The van der Waals surface area contributed by atoms with Crippen molar-refractivity contribution in [2.75, 3.05) is 13.2 Å². The Morgan fingerprint density at radius 2 is 2.08 bits per heavy atom. The molecule has 2 fully saturated rings. The molecule has 0 heterocycles. The Bertz CT molecular complexity index is 591. The molecule has 2 aliphatic rings. The fourth-order valence-corrected chi connectivity index (χ4v) is 5.15. The van der Waals surface area contributed by atoms with Crippen molar-refractivity contribution >= 4 is 11.4 Å². The molecule has 0 bridgehead atoms. The number of ketones is 1. The molecule has 2 aliphatic carbocycles. The maximum absolute atomic E-state index is 12.3. The summed E-state index contributed by atoms with van der Waals surface area (Å²) < 4.78 is 5.99. The molecule has 0 unspecified atom stereocenters. The fraction of sp³-hybridized carbons (Fsp3) is 0.591. The van der Waals surface area contributed by atoms with E-state index in [1.54, 1.807) is 0 Å². The van der Waals surface area contributed by atoms with Crippen molar-refractivity contribution in [3.63, 3.8) is 0 Å². The number of hydrogen-bond donors (Lipinski definition) is 0. The van der Waals surface area contributed by atoms with Gasteiger partial charge in [-0.2, -0.15) is 0 Å². The van der Waals surface area contributed by atoms with Crippen molar-refractivity contribution in [2.45, 2.75) is 46.0 Å². The van der Waals surface area contributed by atoms with Crippen molar-refractivity contribution in [3.8, 4) is 0 Å². The summed E-state index contributed by atoms with van der Waals surface area (Å²) in [7, 11) is 0. The van der Waals surface area contributed by atoms with Crippen LogP contribution in [0.4, 0.5) is 0 Å². The van der Waals surface area contributed by atoms with Gasteiger partial charge in [0.15, 0.2) is 0 Å². The second-order valence-corrected chi connectivity index (χ2v) is 8.02. The summed E-state index contributed by atoms with van der Waals surface area (Å²) in [6.45, 7) is 10.1. The molecule has 0 aromatic heterocycles. The van der Waals surface area contributed by atoms with E-state index in [1.165, 1.54) is 12.8 Å². The van der Waals surface area contributed by atoms with Gasteiger partial charge in [0.05, 0.1) is 6.61 Å². The van der Waals surface area contributed by atoms with Gasteiger partial charge in [0.2, 0.25) is 0 Å². The number of benzene rings is 1. The molecule has 0 N–H and O–H groups in total. The average Bonchev–Trinajstić information content (AvgIpc) is 2.94. The highest BCUT2D eigenvalue weighted by molar-refractivity contribution is 5.83. The van der Waals surface area contributed by atoms with Gasteiger partial charge in [0.1, 0.15) is 5.78 Å². The van der Waals surface area contributed by atoms with E-state index >= 15 is 0 Å². The van der Waals surface area contributed by atoms with Crippen molar-refractivity contribution in [1.29, 1.82) is 0 Å². The standard InChI is InChI=1S/C22H30O2/c1-16(18-8-5-4-6-9-18)14-24-15-17(2)19-11-12-20-21(23)10-7-13-22(19,20)3/h4-6,8-9,17,19-20H,1,7,10-15H2,2-3H3/t17-,19-,20+,22-/m1/s1. The van der Waals surface area contributed by atoms with E-state index in [0.717, 1.165) is 37.0 Å². The van der Waals surface area contributed by atoms with Crippen LogP contribution in [0.15, 0.2) is 36.9 Å². The molecule has 2 heteroatoms. The number of Topliss-reactive ketones (excluding diaryl/α,β-unsaturated/α-hetero) is 1. The van der Waals surface area contributed by atoms with Crippen LogP contribution in [-0.4, -0.2) is 19.0 Å². The van der Waals surface area contributed by atoms with Crippen LogP contribution in [0.25, 0.3) is 5.57 Å². The molecule has 2 nitrogen and oxygen atoms in total. The highest BCUT2D eigenvalue weighted by Gasteiger charge is 2.52. The predicted octanol–water partition coefficient (Wildman–Crippen LogP) is 5.14. The quantitative estimate of drug-likeness (QED) is 0.723. The highest BCUT2D eigenvalue weighted by Crippen LogP contribution is 2.56. The molecule has 1 aromatic rings. The maximum atomic E-state index is 12.3. The van der Waals surface area contributed by atoms with E-state index < -0.39 is 0 Å². The third-order valence-corrected chi connectivity index (χ3v) is 6.46. The predicted molar refractivity (Wildman–Crippen MR) is 98.6 cm³/mol. The summed E-state index contributed by atoms with van der Waals surface area (Å²) in [4.78, 5) is 12.3. The summed E-state index contributed by atoms with van der Waals surface area (Å²) in [5, 5.41) is 0. The number of rotatable bonds is 6. The number of fused-ring (bicyclic) bond motifs is 1. The van der Waals surface area contributed by atoms with Crippen molar-refractivity contribution in [1.82, 2.24) is 0 Å². The van der Waals surface area contributed by atoms with Gasteiger partial charge in [0.25, 0.3) is 0 Å². The van der Waals surface area contributed by atoms with E-state index in [4.69, 9.17) is 4.74 Å². The van der Waals surface area contributed by atoms with E-state index in [1.807, 2.05) is 18.2 Å². The maximum Gasteiger partial charge on any atom is 0.136 e. The second-order valence-electron chi connectivity index (χ2n) is 8.02. The monoisotopic (exact) mass is 326 g/mol. The first-order valence-electron chi connectivity index (χ1n) is 9.36. The zero-order chi connectivity index (χ0) is 17.2. The normalized spacial score (nSPS) is 30.8. The van der Waals surface area contributed by atoms with E-state index in [9.17, 15) is 4.79 Å². The van der Waals surface area contributed by atoms with Crippen LogP contribution in [-0.2, 0) is 9.53 Å². The summed E-state index contributed by atoms with van der Waals surface area (Å²) in [6, 6.07) is 10.2. The largest absolute Gasteiger partial charge is 0.376 e. The van der Waals surface area contributed by atoms with Crippen LogP contribution in [0, 0.1) is 23.2 Å². The fourth-order valence-electron chi connectivity index (χ4n) is 5.15. The Morgan fingerprint density at radius 1 is 1.33 bits per heavy atom. The summed E-state index contributed by atoms with van der Waals surface area (Å²) >= 11 is 0. The molecule has 130 valence electrons. The Kier molecular flexibility index (Phi) is 5.24. The Morgan fingerprint density at radius 3 is 2.83 bits per heavy atom.